The highest BCUT2D eigenvalue weighted by atomic mass is 32.2. The highest BCUT2D eigenvalue weighted by molar-refractivity contribution is 7.89. The van der Waals surface area contributed by atoms with E-state index in [4.69, 9.17) is 9.15 Å². The summed E-state index contributed by atoms with van der Waals surface area (Å²) in [5.74, 6) is -0.0814. The fraction of sp³-hybridized carbons (Fsp3) is 0.211. The Morgan fingerprint density at radius 2 is 1.83 bits per heavy atom. The first-order chi connectivity index (χ1) is 13.7. The third kappa shape index (κ3) is 4.54. The molecule has 0 saturated carbocycles. The molecular weight excluding hydrogens is 408 g/mol. The molecule has 0 aliphatic rings. The molecule has 29 heavy (non-hydrogen) atoms. The van der Waals surface area contributed by atoms with Crippen LogP contribution >= 0.6 is 0 Å². The Labute approximate surface area is 165 Å². The number of rotatable bonds is 7. The average Bonchev–Trinajstić information content (AvgIpc) is 2.68. The fourth-order valence-corrected chi connectivity index (χ4v) is 3.93. The van der Waals surface area contributed by atoms with E-state index in [0.29, 0.717) is 10.9 Å². The SMILES string of the molecule is COc1cc(CN(C)S(=O)(=O)c2ccc3oc(=O)ccc3c2)ccc1OC(F)F. The van der Waals surface area contributed by atoms with E-state index in [2.05, 4.69) is 4.74 Å². The summed E-state index contributed by atoms with van der Waals surface area (Å²) in [5.41, 5.74) is 0.262. The summed E-state index contributed by atoms with van der Waals surface area (Å²) < 4.78 is 66.2. The van der Waals surface area contributed by atoms with E-state index in [9.17, 15) is 22.0 Å². The zero-order valence-electron chi connectivity index (χ0n) is 15.5. The van der Waals surface area contributed by atoms with Crippen LogP contribution in [-0.4, -0.2) is 33.5 Å². The third-order valence-electron chi connectivity index (χ3n) is 4.15. The van der Waals surface area contributed by atoms with Crippen molar-refractivity contribution in [3.05, 3.63) is 64.5 Å². The van der Waals surface area contributed by atoms with Crippen LogP contribution in [0.15, 0.2) is 62.6 Å². The highest BCUT2D eigenvalue weighted by Crippen LogP contribution is 2.30. The first-order valence-electron chi connectivity index (χ1n) is 8.32. The average molecular weight is 425 g/mol. The molecule has 0 unspecified atom stereocenters. The van der Waals surface area contributed by atoms with Crippen molar-refractivity contribution in [2.75, 3.05) is 14.2 Å². The molecule has 0 N–H and O–H groups in total. The molecule has 7 nitrogen and oxygen atoms in total. The van der Waals surface area contributed by atoms with Crippen LogP contribution in [0.5, 0.6) is 11.5 Å². The number of halogens is 2. The van der Waals surface area contributed by atoms with E-state index < -0.39 is 22.3 Å². The summed E-state index contributed by atoms with van der Waals surface area (Å²) in [6.45, 7) is -3.04. The molecular formula is C19H17F2NO6S. The van der Waals surface area contributed by atoms with Gasteiger partial charge in [-0.15, -0.1) is 0 Å². The number of nitrogens with zero attached hydrogens (tertiary/aromatic N) is 1. The quantitative estimate of drug-likeness (QED) is 0.541. The Balaban J connectivity index is 1.86. The Morgan fingerprint density at radius 3 is 2.52 bits per heavy atom. The van der Waals surface area contributed by atoms with E-state index in [1.54, 1.807) is 0 Å². The van der Waals surface area contributed by atoms with Crippen LogP contribution in [0.3, 0.4) is 0 Å². The zero-order valence-corrected chi connectivity index (χ0v) is 16.3. The molecule has 0 amide bonds. The van der Waals surface area contributed by atoms with Crippen molar-refractivity contribution in [1.29, 1.82) is 0 Å². The normalized spacial score (nSPS) is 11.9. The predicted octanol–water partition coefficient (Wildman–Crippen LogP) is 3.22. The van der Waals surface area contributed by atoms with Crippen molar-refractivity contribution in [1.82, 2.24) is 4.31 Å². The number of alkyl halides is 2. The Kier molecular flexibility index (Phi) is 5.85. The smallest absolute Gasteiger partial charge is 0.387 e. The largest absolute Gasteiger partial charge is 0.493 e. The van der Waals surface area contributed by atoms with E-state index in [-0.39, 0.29) is 28.5 Å². The lowest BCUT2D eigenvalue weighted by Gasteiger charge is -2.18. The number of hydrogen-bond acceptors (Lipinski definition) is 6. The highest BCUT2D eigenvalue weighted by Gasteiger charge is 2.22. The van der Waals surface area contributed by atoms with Gasteiger partial charge < -0.3 is 13.9 Å². The zero-order chi connectivity index (χ0) is 21.2. The van der Waals surface area contributed by atoms with Crippen molar-refractivity contribution >= 4 is 21.0 Å². The molecule has 2 aromatic carbocycles. The summed E-state index contributed by atoms with van der Waals surface area (Å²) in [6, 6.07) is 11.0. The molecule has 0 radical (unpaired) electrons. The lowest BCUT2D eigenvalue weighted by molar-refractivity contribution is -0.0512. The molecule has 1 aromatic heterocycles. The number of sulfonamides is 1. The first kappa shape index (κ1) is 20.7. The van der Waals surface area contributed by atoms with Crippen molar-refractivity contribution in [3.63, 3.8) is 0 Å². The molecule has 0 aliphatic heterocycles. The number of hydrogen-bond donors (Lipinski definition) is 0. The van der Waals surface area contributed by atoms with Gasteiger partial charge in [-0.05, 0) is 42.0 Å². The second-order valence-corrected chi connectivity index (χ2v) is 8.12. The molecule has 3 aromatic rings. The van der Waals surface area contributed by atoms with E-state index in [0.717, 1.165) is 4.31 Å². The molecule has 0 saturated heterocycles. The number of methoxy groups -OCH3 is 1. The molecule has 3 rings (SSSR count). The maximum absolute atomic E-state index is 12.9. The summed E-state index contributed by atoms with van der Waals surface area (Å²) >= 11 is 0. The van der Waals surface area contributed by atoms with Gasteiger partial charge in [-0.25, -0.2) is 13.2 Å². The van der Waals surface area contributed by atoms with Crippen LogP contribution < -0.4 is 15.1 Å². The van der Waals surface area contributed by atoms with Crippen molar-refractivity contribution in [2.24, 2.45) is 0 Å². The van der Waals surface area contributed by atoms with Gasteiger partial charge in [-0.1, -0.05) is 6.07 Å². The summed E-state index contributed by atoms with van der Waals surface area (Å²) in [5, 5.41) is 0.467. The van der Waals surface area contributed by atoms with Crippen LogP contribution in [0, 0.1) is 0 Å². The molecule has 154 valence electrons. The number of benzene rings is 2. The Morgan fingerprint density at radius 1 is 1.07 bits per heavy atom. The molecule has 0 spiro atoms. The molecule has 0 aliphatic carbocycles. The molecule has 1 heterocycles. The van der Waals surface area contributed by atoms with Crippen LogP contribution in [-0.2, 0) is 16.6 Å². The minimum absolute atomic E-state index is 0.0194. The standard InChI is InChI=1S/C19H17F2NO6S/c1-22(11-12-3-6-16(28-19(20)21)17(9-12)26-2)29(24,25)14-5-7-15-13(10-14)4-8-18(23)27-15/h3-10,19H,11H2,1-2H3. The molecule has 0 fully saturated rings. The maximum atomic E-state index is 12.9. The second kappa shape index (κ2) is 8.18. The van der Waals surface area contributed by atoms with Crippen molar-refractivity contribution in [2.45, 2.75) is 18.1 Å². The summed E-state index contributed by atoms with van der Waals surface area (Å²) in [7, 11) is -1.18. The van der Waals surface area contributed by atoms with Crippen molar-refractivity contribution < 1.29 is 31.1 Å². The monoisotopic (exact) mass is 425 g/mol. The Bertz CT molecular complexity index is 1190. The lowest BCUT2D eigenvalue weighted by atomic mass is 10.2. The molecule has 0 bridgehead atoms. The van der Waals surface area contributed by atoms with Gasteiger partial charge in [0.05, 0.1) is 12.0 Å². The van der Waals surface area contributed by atoms with Gasteiger partial charge in [0.25, 0.3) is 0 Å². The molecule has 10 heteroatoms. The maximum Gasteiger partial charge on any atom is 0.387 e. The second-order valence-electron chi connectivity index (χ2n) is 6.08. The van der Waals surface area contributed by atoms with Gasteiger partial charge in [-0.2, -0.15) is 13.1 Å². The predicted molar refractivity (Wildman–Crippen MR) is 101 cm³/mol. The summed E-state index contributed by atoms with van der Waals surface area (Å²) in [6.07, 6.45) is 0. The van der Waals surface area contributed by atoms with E-state index in [1.807, 2.05) is 0 Å². The van der Waals surface area contributed by atoms with Crippen LogP contribution in [0.25, 0.3) is 11.0 Å². The van der Waals surface area contributed by atoms with Gasteiger partial charge in [0.1, 0.15) is 5.58 Å². The van der Waals surface area contributed by atoms with Gasteiger partial charge >= 0.3 is 12.2 Å². The number of ether oxygens (including phenoxy) is 2. The summed E-state index contributed by atoms with van der Waals surface area (Å²) in [4.78, 5) is 11.3. The lowest BCUT2D eigenvalue weighted by Crippen LogP contribution is -2.26. The first-order valence-corrected chi connectivity index (χ1v) is 9.76. The Hall–Kier alpha value is -2.98. The van der Waals surface area contributed by atoms with Gasteiger partial charge in [-0.3, -0.25) is 0 Å². The van der Waals surface area contributed by atoms with Gasteiger partial charge in [0.2, 0.25) is 10.0 Å². The van der Waals surface area contributed by atoms with Crippen LogP contribution in [0.2, 0.25) is 0 Å². The van der Waals surface area contributed by atoms with Crippen molar-refractivity contribution in [3.8, 4) is 11.5 Å². The topological polar surface area (TPSA) is 86.0 Å². The van der Waals surface area contributed by atoms with Crippen LogP contribution in [0.4, 0.5) is 8.78 Å². The third-order valence-corrected chi connectivity index (χ3v) is 5.95. The minimum Gasteiger partial charge on any atom is -0.493 e. The van der Waals surface area contributed by atoms with Gasteiger partial charge in [0, 0.05) is 25.0 Å². The van der Waals surface area contributed by atoms with E-state index in [1.165, 1.54) is 62.7 Å². The molecule has 0 atom stereocenters. The fourth-order valence-electron chi connectivity index (χ4n) is 2.74. The number of fused-ring (bicyclic) bond motifs is 1. The minimum atomic E-state index is -3.87. The van der Waals surface area contributed by atoms with Gasteiger partial charge in [0.15, 0.2) is 11.5 Å². The van der Waals surface area contributed by atoms with Crippen LogP contribution in [0.1, 0.15) is 5.56 Å². The van der Waals surface area contributed by atoms with E-state index >= 15 is 0 Å².